The summed E-state index contributed by atoms with van der Waals surface area (Å²) in [5.41, 5.74) is 0. The fourth-order valence-corrected chi connectivity index (χ4v) is 2.85. The highest BCUT2D eigenvalue weighted by atomic mass is 16.5. The van der Waals surface area contributed by atoms with Crippen LogP contribution in [0, 0.1) is 0 Å². The Bertz CT molecular complexity index is 422. The highest BCUT2D eigenvalue weighted by Gasteiger charge is 2.26. The number of nitrogens with one attached hydrogen (secondary N) is 1. The molecule has 0 aliphatic carbocycles. The fraction of sp³-hybridized carbons (Fsp3) is 0.867. The Labute approximate surface area is 127 Å². The Balaban J connectivity index is 1.94. The van der Waals surface area contributed by atoms with Crippen LogP contribution in [0.15, 0.2) is 4.52 Å². The predicted molar refractivity (Wildman–Crippen MR) is 83.2 cm³/mol. The summed E-state index contributed by atoms with van der Waals surface area (Å²) < 4.78 is 5.44. The second-order valence-corrected chi connectivity index (χ2v) is 6.16. The molecule has 21 heavy (non-hydrogen) atoms. The topological polar surface area (TPSA) is 57.4 Å². The van der Waals surface area contributed by atoms with Crippen LogP contribution in [0.3, 0.4) is 0 Å². The third kappa shape index (κ3) is 4.76. The highest BCUT2D eigenvalue weighted by Crippen LogP contribution is 2.21. The third-order valence-corrected chi connectivity index (χ3v) is 4.19. The minimum Gasteiger partial charge on any atom is -0.339 e. The molecular weight excluding hydrogens is 266 g/mol. The Morgan fingerprint density at radius 1 is 1.38 bits per heavy atom. The molecule has 0 radical (unpaired) electrons. The van der Waals surface area contributed by atoms with Gasteiger partial charge in [-0.2, -0.15) is 4.98 Å². The van der Waals surface area contributed by atoms with Gasteiger partial charge in [0.05, 0.1) is 6.04 Å². The standard InChI is InChI=1S/C15H29N5O/c1-5-16-12(2)7-8-14-17-15(18-21-14)13-11-19(3)9-6-10-20(13)4/h12-13,16H,5-11H2,1-4H3. The molecule has 0 aromatic carbocycles. The molecular formula is C15H29N5O. The Morgan fingerprint density at radius 3 is 2.95 bits per heavy atom. The van der Waals surface area contributed by atoms with Crippen LogP contribution in [0.5, 0.6) is 0 Å². The van der Waals surface area contributed by atoms with E-state index in [1.165, 1.54) is 6.42 Å². The molecule has 6 heteroatoms. The average Bonchev–Trinajstić information content (AvgIpc) is 2.84. The lowest BCUT2D eigenvalue weighted by Crippen LogP contribution is -2.31. The lowest BCUT2D eigenvalue weighted by molar-refractivity contribution is 0.214. The van der Waals surface area contributed by atoms with Crippen molar-refractivity contribution in [2.75, 3.05) is 40.3 Å². The summed E-state index contributed by atoms with van der Waals surface area (Å²) in [5.74, 6) is 1.59. The van der Waals surface area contributed by atoms with Crippen LogP contribution >= 0.6 is 0 Å². The van der Waals surface area contributed by atoms with E-state index in [-0.39, 0.29) is 6.04 Å². The average molecular weight is 295 g/mol. The maximum absolute atomic E-state index is 5.44. The van der Waals surface area contributed by atoms with Gasteiger partial charge in [0, 0.05) is 19.0 Å². The molecule has 1 aromatic heterocycles. The highest BCUT2D eigenvalue weighted by molar-refractivity contribution is 4.97. The van der Waals surface area contributed by atoms with Crippen molar-refractivity contribution in [2.45, 2.75) is 45.2 Å². The molecule has 1 aliphatic heterocycles. The minimum absolute atomic E-state index is 0.237. The van der Waals surface area contributed by atoms with Gasteiger partial charge in [0.2, 0.25) is 5.89 Å². The van der Waals surface area contributed by atoms with E-state index in [2.05, 4.69) is 53.2 Å². The second kappa shape index (κ2) is 7.87. The van der Waals surface area contributed by atoms with Crippen LogP contribution in [-0.4, -0.2) is 66.3 Å². The summed E-state index contributed by atoms with van der Waals surface area (Å²) in [6, 6.07) is 0.721. The lowest BCUT2D eigenvalue weighted by Gasteiger charge is -2.24. The molecule has 2 rings (SSSR count). The molecule has 0 spiro atoms. The first kappa shape index (κ1) is 16.4. The van der Waals surface area contributed by atoms with E-state index in [4.69, 9.17) is 4.52 Å². The molecule has 1 aliphatic rings. The molecule has 1 aromatic rings. The van der Waals surface area contributed by atoms with E-state index >= 15 is 0 Å². The van der Waals surface area contributed by atoms with Gasteiger partial charge in [-0.25, -0.2) is 0 Å². The van der Waals surface area contributed by atoms with Gasteiger partial charge in [0.15, 0.2) is 5.82 Å². The molecule has 2 heterocycles. The smallest absolute Gasteiger partial charge is 0.226 e. The van der Waals surface area contributed by atoms with Crippen molar-refractivity contribution in [2.24, 2.45) is 0 Å². The van der Waals surface area contributed by atoms with Gasteiger partial charge in [-0.15, -0.1) is 0 Å². The molecule has 0 bridgehead atoms. The third-order valence-electron chi connectivity index (χ3n) is 4.19. The monoisotopic (exact) mass is 295 g/mol. The molecule has 2 unspecified atom stereocenters. The quantitative estimate of drug-likeness (QED) is 0.854. The molecule has 0 amide bonds. The van der Waals surface area contributed by atoms with Crippen LogP contribution in [0.2, 0.25) is 0 Å². The van der Waals surface area contributed by atoms with Crippen molar-refractivity contribution in [3.05, 3.63) is 11.7 Å². The molecule has 0 saturated carbocycles. The van der Waals surface area contributed by atoms with Crippen LogP contribution in [0.4, 0.5) is 0 Å². The van der Waals surface area contributed by atoms with E-state index in [1.807, 2.05) is 0 Å². The van der Waals surface area contributed by atoms with Gasteiger partial charge < -0.3 is 14.7 Å². The summed E-state index contributed by atoms with van der Waals surface area (Å²) in [5, 5.41) is 7.62. The SMILES string of the molecule is CCNC(C)CCc1nc(C2CN(C)CCCN2C)no1. The van der Waals surface area contributed by atoms with Crippen molar-refractivity contribution >= 4 is 0 Å². The van der Waals surface area contributed by atoms with Gasteiger partial charge in [-0.1, -0.05) is 12.1 Å². The van der Waals surface area contributed by atoms with Gasteiger partial charge >= 0.3 is 0 Å². The summed E-state index contributed by atoms with van der Waals surface area (Å²) in [6.45, 7) is 8.48. The summed E-state index contributed by atoms with van der Waals surface area (Å²) in [4.78, 5) is 9.30. The zero-order valence-corrected chi connectivity index (χ0v) is 13.8. The molecule has 120 valence electrons. The van der Waals surface area contributed by atoms with Gasteiger partial charge in [-0.3, -0.25) is 4.90 Å². The minimum atomic E-state index is 0.237. The van der Waals surface area contributed by atoms with Crippen molar-refractivity contribution < 1.29 is 4.52 Å². The molecule has 1 N–H and O–H groups in total. The van der Waals surface area contributed by atoms with Gasteiger partial charge in [0.1, 0.15) is 0 Å². The Hall–Kier alpha value is -0.980. The summed E-state index contributed by atoms with van der Waals surface area (Å²) in [7, 11) is 4.30. The van der Waals surface area contributed by atoms with Crippen LogP contribution in [0.25, 0.3) is 0 Å². The number of aromatic nitrogens is 2. The van der Waals surface area contributed by atoms with Crippen molar-refractivity contribution in [3.63, 3.8) is 0 Å². The first-order chi connectivity index (χ1) is 10.1. The second-order valence-electron chi connectivity index (χ2n) is 6.16. The Morgan fingerprint density at radius 2 is 2.19 bits per heavy atom. The number of rotatable bonds is 6. The number of hydrogen-bond acceptors (Lipinski definition) is 6. The fourth-order valence-electron chi connectivity index (χ4n) is 2.85. The first-order valence-electron chi connectivity index (χ1n) is 8.04. The maximum atomic E-state index is 5.44. The zero-order valence-electron chi connectivity index (χ0n) is 13.8. The van der Waals surface area contributed by atoms with Gasteiger partial charge in [-0.05, 0) is 53.5 Å². The molecule has 6 nitrogen and oxygen atoms in total. The Kier molecular flexibility index (Phi) is 6.14. The number of aryl methyl sites for hydroxylation is 1. The largest absolute Gasteiger partial charge is 0.339 e. The maximum Gasteiger partial charge on any atom is 0.226 e. The molecule has 2 atom stereocenters. The van der Waals surface area contributed by atoms with Crippen LogP contribution in [-0.2, 0) is 6.42 Å². The molecule has 1 fully saturated rings. The predicted octanol–water partition coefficient (Wildman–Crippen LogP) is 1.31. The number of nitrogens with zero attached hydrogens (tertiary/aromatic N) is 4. The van der Waals surface area contributed by atoms with E-state index in [0.717, 1.165) is 50.7 Å². The van der Waals surface area contributed by atoms with Crippen molar-refractivity contribution in [1.29, 1.82) is 0 Å². The van der Waals surface area contributed by atoms with Gasteiger partial charge in [0.25, 0.3) is 0 Å². The lowest BCUT2D eigenvalue weighted by atomic mass is 10.2. The summed E-state index contributed by atoms with van der Waals surface area (Å²) in [6.07, 6.45) is 3.05. The first-order valence-corrected chi connectivity index (χ1v) is 8.04. The summed E-state index contributed by atoms with van der Waals surface area (Å²) >= 11 is 0. The van der Waals surface area contributed by atoms with E-state index < -0.39 is 0 Å². The van der Waals surface area contributed by atoms with E-state index in [1.54, 1.807) is 0 Å². The number of hydrogen-bond donors (Lipinski definition) is 1. The zero-order chi connectivity index (χ0) is 15.2. The normalized spacial score (nSPS) is 23.1. The molecule has 1 saturated heterocycles. The van der Waals surface area contributed by atoms with Crippen molar-refractivity contribution in [3.8, 4) is 0 Å². The van der Waals surface area contributed by atoms with Crippen molar-refractivity contribution in [1.82, 2.24) is 25.3 Å². The van der Waals surface area contributed by atoms with Crippen LogP contribution in [0.1, 0.15) is 44.4 Å². The number of likely N-dealkylation sites (N-methyl/N-ethyl adjacent to an activating group) is 2. The van der Waals surface area contributed by atoms with E-state index in [9.17, 15) is 0 Å². The van der Waals surface area contributed by atoms with E-state index in [0.29, 0.717) is 6.04 Å². The van der Waals surface area contributed by atoms with Crippen LogP contribution < -0.4 is 5.32 Å².